The van der Waals surface area contributed by atoms with Gasteiger partial charge in [0.05, 0.1) is 12.6 Å². The van der Waals surface area contributed by atoms with Gasteiger partial charge in [-0.3, -0.25) is 4.99 Å². The summed E-state index contributed by atoms with van der Waals surface area (Å²) in [5, 5.41) is 7.33. The van der Waals surface area contributed by atoms with Crippen LogP contribution in [0.5, 0.6) is 5.88 Å². The molecule has 2 N–H and O–H groups in total. The number of rotatable bonds is 6. The molecule has 2 aromatic heterocycles. The van der Waals surface area contributed by atoms with Gasteiger partial charge < -0.3 is 15.4 Å². The van der Waals surface area contributed by atoms with Crippen LogP contribution < -0.4 is 15.4 Å². The number of nitrogens with one attached hydrogen (secondary N) is 2. The van der Waals surface area contributed by atoms with Crippen LogP contribution in [0.2, 0.25) is 0 Å². The summed E-state index contributed by atoms with van der Waals surface area (Å²) in [6.07, 6.45) is -2.68. The number of pyridine rings is 1. The zero-order chi connectivity index (χ0) is 19.2. The molecule has 0 spiro atoms. The van der Waals surface area contributed by atoms with Gasteiger partial charge in [-0.2, -0.15) is 13.2 Å². The molecular weight excluding hydrogens is 494 g/mol. The van der Waals surface area contributed by atoms with E-state index in [-0.39, 0.29) is 36.6 Å². The number of guanidine groups is 1. The van der Waals surface area contributed by atoms with E-state index in [0.717, 1.165) is 22.3 Å². The molecule has 0 atom stereocenters. The summed E-state index contributed by atoms with van der Waals surface area (Å²) < 4.78 is 43.1. The summed E-state index contributed by atoms with van der Waals surface area (Å²) in [5.74, 6) is 1.01. The Morgan fingerprint density at radius 2 is 1.96 bits per heavy atom. The summed E-state index contributed by atoms with van der Waals surface area (Å²) in [5.41, 5.74) is 0.0367. The minimum absolute atomic E-state index is 0. The topological polar surface area (TPSA) is 71.4 Å². The molecule has 0 bridgehead atoms. The molecular formula is C16H21F3IN5OS. The summed E-state index contributed by atoms with van der Waals surface area (Å²) in [6.45, 7) is 4.46. The number of hydrogen-bond donors (Lipinski definition) is 2. The molecule has 0 fully saturated rings. The number of ether oxygens (including phenoxy) is 1. The van der Waals surface area contributed by atoms with E-state index in [1.165, 1.54) is 0 Å². The minimum Gasteiger partial charge on any atom is -0.475 e. The Bertz CT molecular complexity index is 734. The van der Waals surface area contributed by atoms with Crippen molar-refractivity contribution < 1.29 is 17.9 Å². The predicted octanol–water partition coefficient (Wildman–Crippen LogP) is 3.83. The number of aromatic nitrogens is 2. The van der Waals surface area contributed by atoms with Crippen LogP contribution in [0.15, 0.2) is 28.7 Å². The highest BCUT2D eigenvalue weighted by molar-refractivity contribution is 14.0. The Hall–Kier alpha value is -1.63. The van der Waals surface area contributed by atoms with Crippen molar-refractivity contribution in [3.63, 3.8) is 0 Å². The van der Waals surface area contributed by atoms with Crippen LogP contribution in [-0.4, -0.2) is 29.1 Å². The first kappa shape index (κ1) is 23.4. The van der Waals surface area contributed by atoms with Gasteiger partial charge in [0.15, 0.2) is 11.7 Å². The van der Waals surface area contributed by atoms with Crippen LogP contribution in [-0.2, 0) is 19.3 Å². The van der Waals surface area contributed by atoms with Crippen LogP contribution in [0.1, 0.15) is 30.1 Å². The standard InChI is InChI=1S/C16H20F3N5OS.HI/c1-10(2)25-13-5-4-11(6-21-13)7-22-15(20-3)23-8-14-24-12(9-26-14)16(17,18)19;/h4-6,9-10H,7-8H2,1-3H3,(H2,20,22,23);1H. The maximum absolute atomic E-state index is 12.5. The van der Waals surface area contributed by atoms with E-state index in [0.29, 0.717) is 23.4 Å². The Balaban J connectivity index is 0.00000364. The molecule has 0 amide bonds. The van der Waals surface area contributed by atoms with Gasteiger partial charge in [0, 0.05) is 31.2 Å². The average molecular weight is 515 g/mol. The molecule has 27 heavy (non-hydrogen) atoms. The maximum atomic E-state index is 12.5. The maximum Gasteiger partial charge on any atom is 0.434 e. The predicted molar refractivity (Wildman–Crippen MR) is 110 cm³/mol. The average Bonchev–Trinajstić information content (AvgIpc) is 3.05. The lowest BCUT2D eigenvalue weighted by Gasteiger charge is -2.12. The van der Waals surface area contributed by atoms with Gasteiger partial charge in [0.25, 0.3) is 0 Å². The van der Waals surface area contributed by atoms with Gasteiger partial charge in [0.1, 0.15) is 5.01 Å². The molecule has 11 heteroatoms. The molecule has 6 nitrogen and oxygen atoms in total. The van der Waals surface area contributed by atoms with E-state index in [1.54, 1.807) is 19.3 Å². The third kappa shape index (κ3) is 7.87. The summed E-state index contributed by atoms with van der Waals surface area (Å²) in [4.78, 5) is 11.8. The fourth-order valence-corrected chi connectivity index (χ4v) is 2.66. The van der Waals surface area contributed by atoms with Crippen LogP contribution >= 0.6 is 35.3 Å². The zero-order valence-electron chi connectivity index (χ0n) is 15.0. The quantitative estimate of drug-likeness (QED) is 0.348. The zero-order valence-corrected chi connectivity index (χ0v) is 18.1. The van der Waals surface area contributed by atoms with Crippen molar-refractivity contribution >= 4 is 41.3 Å². The third-order valence-corrected chi connectivity index (χ3v) is 3.94. The lowest BCUT2D eigenvalue weighted by molar-refractivity contribution is -0.140. The SMILES string of the molecule is CN=C(NCc1ccc(OC(C)C)nc1)NCc1nc(C(F)(F)F)cs1.I. The summed E-state index contributed by atoms with van der Waals surface area (Å²) in [7, 11) is 1.58. The number of halogens is 4. The Morgan fingerprint density at radius 3 is 2.48 bits per heavy atom. The summed E-state index contributed by atoms with van der Waals surface area (Å²) in [6, 6.07) is 3.66. The molecule has 0 aromatic carbocycles. The molecule has 150 valence electrons. The number of nitrogens with zero attached hydrogens (tertiary/aromatic N) is 3. The Kier molecular flexibility index (Phi) is 9.22. The normalized spacial score (nSPS) is 11.9. The molecule has 0 saturated carbocycles. The molecule has 2 aromatic rings. The van der Waals surface area contributed by atoms with Crippen LogP contribution in [0.4, 0.5) is 13.2 Å². The molecule has 0 aliphatic heterocycles. The second kappa shape index (κ2) is 10.6. The number of thiazole rings is 1. The van der Waals surface area contributed by atoms with Crippen molar-refractivity contribution in [2.45, 2.75) is 39.2 Å². The number of alkyl halides is 3. The van der Waals surface area contributed by atoms with Gasteiger partial charge in [-0.05, 0) is 19.4 Å². The molecule has 0 unspecified atom stereocenters. The van der Waals surface area contributed by atoms with Gasteiger partial charge >= 0.3 is 6.18 Å². The lowest BCUT2D eigenvalue weighted by atomic mass is 10.3. The van der Waals surface area contributed by atoms with Crippen molar-refractivity contribution in [2.24, 2.45) is 4.99 Å². The lowest BCUT2D eigenvalue weighted by Crippen LogP contribution is -2.36. The minimum atomic E-state index is -4.42. The highest BCUT2D eigenvalue weighted by atomic mass is 127. The van der Waals surface area contributed by atoms with E-state index in [2.05, 4.69) is 25.6 Å². The summed E-state index contributed by atoms with van der Waals surface area (Å²) >= 11 is 0.949. The fourth-order valence-electron chi connectivity index (χ4n) is 1.91. The smallest absolute Gasteiger partial charge is 0.434 e. The van der Waals surface area contributed by atoms with Gasteiger partial charge in [0.2, 0.25) is 5.88 Å². The Morgan fingerprint density at radius 1 is 1.26 bits per heavy atom. The van der Waals surface area contributed by atoms with Crippen molar-refractivity contribution in [3.05, 3.63) is 40.0 Å². The number of hydrogen-bond acceptors (Lipinski definition) is 5. The molecule has 0 aliphatic rings. The number of aliphatic imine (C=N–C) groups is 1. The highest BCUT2D eigenvalue weighted by Crippen LogP contribution is 2.29. The van der Waals surface area contributed by atoms with E-state index in [1.807, 2.05) is 19.9 Å². The third-order valence-electron chi connectivity index (χ3n) is 3.09. The van der Waals surface area contributed by atoms with Crippen LogP contribution in [0, 0.1) is 0 Å². The Labute approximate surface area is 176 Å². The first-order valence-corrected chi connectivity index (χ1v) is 8.73. The van der Waals surface area contributed by atoms with Gasteiger partial charge in [-0.1, -0.05) is 6.07 Å². The van der Waals surface area contributed by atoms with E-state index in [9.17, 15) is 13.2 Å². The van der Waals surface area contributed by atoms with Crippen LogP contribution in [0.25, 0.3) is 0 Å². The van der Waals surface area contributed by atoms with Crippen molar-refractivity contribution in [1.82, 2.24) is 20.6 Å². The molecule has 0 aliphatic carbocycles. The van der Waals surface area contributed by atoms with Crippen LogP contribution in [0.3, 0.4) is 0 Å². The fraction of sp³-hybridized carbons (Fsp3) is 0.438. The van der Waals surface area contributed by atoms with Crippen molar-refractivity contribution in [2.75, 3.05) is 7.05 Å². The van der Waals surface area contributed by atoms with Crippen molar-refractivity contribution in [1.29, 1.82) is 0 Å². The van der Waals surface area contributed by atoms with Gasteiger partial charge in [-0.15, -0.1) is 35.3 Å². The second-order valence-corrected chi connectivity index (χ2v) is 6.52. The second-order valence-electron chi connectivity index (χ2n) is 5.57. The van der Waals surface area contributed by atoms with E-state index >= 15 is 0 Å². The van der Waals surface area contributed by atoms with E-state index in [4.69, 9.17) is 4.74 Å². The molecule has 2 heterocycles. The molecule has 2 rings (SSSR count). The first-order chi connectivity index (χ1) is 12.3. The van der Waals surface area contributed by atoms with Crippen molar-refractivity contribution in [3.8, 4) is 5.88 Å². The largest absolute Gasteiger partial charge is 0.475 e. The van der Waals surface area contributed by atoms with E-state index < -0.39 is 11.9 Å². The highest BCUT2D eigenvalue weighted by Gasteiger charge is 2.33. The molecule has 0 saturated heterocycles. The van der Waals surface area contributed by atoms with Gasteiger partial charge in [-0.25, -0.2) is 9.97 Å². The monoisotopic (exact) mass is 515 g/mol. The molecule has 0 radical (unpaired) electrons. The first-order valence-electron chi connectivity index (χ1n) is 7.85.